The first-order chi connectivity index (χ1) is 10.2. The third-order valence-electron chi connectivity index (χ3n) is 4.06. The average Bonchev–Trinajstić information content (AvgIpc) is 2.83. The number of ether oxygens (including phenoxy) is 3. The van der Waals surface area contributed by atoms with E-state index in [9.17, 15) is 4.79 Å². The molecule has 0 saturated carbocycles. The van der Waals surface area contributed by atoms with E-state index >= 15 is 0 Å². The van der Waals surface area contributed by atoms with Gasteiger partial charge >= 0.3 is 5.97 Å². The van der Waals surface area contributed by atoms with Gasteiger partial charge < -0.3 is 14.2 Å². The molecule has 0 radical (unpaired) electrons. The van der Waals surface area contributed by atoms with Gasteiger partial charge in [0.05, 0.1) is 26.4 Å². The first kappa shape index (κ1) is 14.2. The Morgan fingerprint density at radius 1 is 1.43 bits per heavy atom. The van der Waals surface area contributed by atoms with Crippen molar-refractivity contribution in [1.82, 2.24) is 10.9 Å². The predicted octanol–water partition coefficient (Wildman–Crippen LogP) is 1.17. The highest BCUT2D eigenvalue weighted by Crippen LogP contribution is 2.40. The van der Waals surface area contributed by atoms with E-state index in [1.54, 1.807) is 7.11 Å². The summed E-state index contributed by atoms with van der Waals surface area (Å²) in [6.07, 6.45) is 0.783. The molecule has 21 heavy (non-hydrogen) atoms. The monoisotopic (exact) mass is 292 g/mol. The van der Waals surface area contributed by atoms with E-state index in [0.29, 0.717) is 13.2 Å². The summed E-state index contributed by atoms with van der Waals surface area (Å²) >= 11 is 0. The first-order valence-corrected chi connectivity index (χ1v) is 7.23. The summed E-state index contributed by atoms with van der Waals surface area (Å²) in [7, 11) is 1.63. The van der Waals surface area contributed by atoms with Gasteiger partial charge in [-0.3, -0.25) is 4.79 Å². The molecule has 2 aliphatic heterocycles. The van der Waals surface area contributed by atoms with Crippen molar-refractivity contribution >= 4 is 5.97 Å². The zero-order valence-corrected chi connectivity index (χ0v) is 12.2. The number of methoxy groups -OCH3 is 1. The number of hydrogen-bond acceptors (Lipinski definition) is 6. The molecule has 0 aromatic heterocycles. The van der Waals surface area contributed by atoms with Crippen molar-refractivity contribution in [1.29, 1.82) is 0 Å². The standard InChI is InChI=1S/C15H20N2O4/c1-3-20-15(18)14-11-6-7-21-12-8-9(19-2)4-5-10(12)13(11)16-17-14/h4-5,8,11,13-14,16-17H,3,6-7H2,1-2H3. The number of hydrogen-bond donors (Lipinski definition) is 2. The third-order valence-corrected chi connectivity index (χ3v) is 4.06. The molecule has 6 heteroatoms. The van der Waals surface area contributed by atoms with Crippen molar-refractivity contribution < 1.29 is 19.0 Å². The molecule has 1 aromatic rings. The van der Waals surface area contributed by atoms with Crippen molar-refractivity contribution in [2.24, 2.45) is 5.92 Å². The number of hydrazine groups is 1. The van der Waals surface area contributed by atoms with E-state index in [-0.39, 0.29) is 24.0 Å². The minimum Gasteiger partial charge on any atom is -0.497 e. The topological polar surface area (TPSA) is 68.8 Å². The quantitative estimate of drug-likeness (QED) is 0.815. The number of esters is 1. The summed E-state index contributed by atoms with van der Waals surface area (Å²) in [5.41, 5.74) is 7.32. The van der Waals surface area contributed by atoms with E-state index in [0.717, 1.165) is 23.5 Å². The summed E-state index contributed by atoms with van der Waals surface area (Å²) in [5.74, 6) is 1.47. The van der Waals surface area contributed by atoms with Gasteiger partial charge in [0.15, 0.2) is 0 Å². The van der Waals surface area contributed by atoms with Crippen LogP contribution in [-0.2, 0) is 9.53 Å². The Morgan fingerprint density at radius 2 is 2.29 bits per heavy atom. The fraction of sp³-hybridized carbons (Fsp3) is 0.533. The molecule has 1 fully saturated rings. The number of rotatable bonds is 3. The van der Waals surface area contributed by atoms with Crippen LogP contribution in [0.2, 0.25) is 0 Å². The first-order valence-electron chi connectivity index (χ1n) is 7.23. The largest absolute Gasteiger partial charge is 0.497 e. The second-order valence-corrected chi connectivity index (χ2v) is 5.20. The van der Waals surface area contributed by atoms with Crippen LogP contribution < -0.4 is 20.3 Å². The molecule has 3 atom stereocenters. The van der Waals surface area contributed by atoms with Crippen molar-refractivity contribution in [3.05, 3.63) is 23.8 Å². The summed E-state index contributed by atoms with van der Waals surface area (Å²) in [6, 6.07) is 5.47. The van der Waals surface area contributed by atoms with Gasteiger partial charge in [0.25, 0.3) is 0 Å². The summed E-state index contributed by atoms with van der Waals surface area (Å²) < 4.78 is 16.2. The fourth-order valence-corrected chi connectivity index (χ4v) is 3.02. The van der Waals surface area contributed by atoms with Gasteiger partial charge in [0.2, 0.25) is 0 Å². The van der Waals surface area contributed by atoms with Gasteiger partial charge in [-0.15, -0.1) is 0 Å². The Kier molecular flexibility index (Phi) is 3.98. The number of fused-ring (bicyclic) bond motifs is 3. The second kappa shape index (κ2) is 5.91. The Labute approximate surface area is 123 Å². The molecule has 0 spiro atoms. The highest BCUT2D eigenvalue weighted by Gasteiger charge is 2.43. The van der Waals surface area contributed by atoms with Crippen LogP contribution >= 0.6 is 0 Å². The van der Waals surface area contributed by atoms with Crippen molar-refractivity contribution in [2.45, 2.75) is 25.4 Å². The number of carbonyl (C=O) groups excluding carboxylic acids is 1. The maximum absolute atomic E-state index is 12.0. The Balaban J connectivity index is 1.87. The zero-order chi connectivity index (χ0) is 14.8. The molecule has 114 valence electrons. The van der Waals surface area contributed by atoms with Crippen LogP contribution in [0, 0.1) is 5.92 Å². The second-order valence-electron chi connectivity index (χ2n) is 5.20. The molecular weight excluding hydrogens is 272 g/mol. The Bertz CT molecular complexity index is 534. The molecule has 3 rings (SSSR count). The normalized spacial score (nSPS) is 27.0. The van der Waals surface area contributed by atoms with Crippen LogP contribution in [-0.4, -0.2) is 32.3 Å². The third kappa shape index (κ3) is 2.56. The van der Waals surface area contributed by atoms with Crippen molar-refractivity contribution in [2.75, 3.05) is 20.3 Å². The van der Waals surface area contributed by atoms with E-state index in [4.69, 9.17) is 14.2 Å². The van der Waals surface area contributed by atoms with Gasteiger partial charge in [0.1, 0.15) is 17.5 Å². The van der Waals surface area contributed by atoms with Crippen LogP contribution in [0.3, 0.4) is 0 Å². The Morgan fingerprint density at radius 3 is 3.05 bits per heavy atom. The molecule has 3 unspecified atom stereocenters. The maximum atomic E-state index is 12.0. The molecule has 1 saturated heterocycles. The zero-order valence-electron chi connectivity index (χ0n) is 12.2. The van der Waals surface area contributed by atoms with Crippen LogP contribution in [0.25, 0.3) is 0 Å². The molecule has 2 heterocycles. The maximum Gasteiger partial charge on any atom is 0.324 e. The van der Waals surface area contributed by atoms with Gasteiger partial charge in [-0.05, 0) is 19.4 Å². The number of nitrogens with one attached hydrogen (secondary N) is 2. The SMILES string of the molecule is CCOC(=O)C1NNC2c3ccc(OC)cc3OCCC12. The molecule has 6 nitrogen and oxygen atoms in total. The molecule has 0 bridgehead atoms. The summed E-state index contributed by atoms with van der Waals surface area (Å²) in [6.45, 7) is 2.77. The lowest BCUT2D eigenvalue weighted by Gasteiger charge is -2.19. The van der Waals surface area contributed by atoms with Crippen LogP contribution in [0.4, 0.5) is 0 Å². The lowest BCUT2D eigenvalue weighted by Crippen LogP contribution is -2.40. The molecule has 1 aromatic carbocycles. The van der Waals surface area contributed by atoms with Gasteiger partial charge in [-0.1, -0.05) is 6.07 Å². The summed E-state index contributed by atoms with van der Waals surface area (Å²) in [5, 5.41) is 0. The highest BCUT2D eigenvalue weighted by atomic mass is 16.5. The minimum absolute atomic E-state index is 0.0304. The smallest absolute Gasteiger partial charge is 0.324 e. The van der Waals surface area contributed by atoms with E-state index < -0.39 is 0 Å². The molecule has 2 aliphatic rings. The van der Waals surface area contributed by atoms with Gasteiger partial charge in [0, 0.05) is 17.5 Å². The molecule has 0 aliphatic carbocycles. The number of benzene rings is 1. The van der Waals surface area contributed by atoms with Gasteiger partial charge in [-0.25, -0.2) is 10.9 Å². The molecular formula is C15H20N2O4. The predicted molar refractivity (Wildman–Crippen MR) is 76.0 cm³/mol. The molecule has 0 amide bonds. The average molecular weight is 292 g/mol. The summed E-state index contributed by atoms with van der Waals surface area (Å²) in [4.78, 5) is 12.0. The van der Waals surface area contributed by atoms with Crippen molar-refractivity contribution in [3.63, 3.8) is 0 Å². The van der Waals surface area contributed by atoms with Crippen LogP contribution in [0.15, 0.2) is 18.2 Å². The lowest BCUT2D eigenvalue weighted by molar-refractivity contribution is -0.146. The fourth-order valence-electron chi connectivity index (χ4n) is 3.02. The highest BCUT2D eigenvalue weighted by molar-refractivity contribution is 5.76. The lowest BCUT2D eigenvalue weighted by atomic mass is 9.87. The minimum atomic E-state index is -0.341. The van der Waals surface area contributed by atoms with Gasteiger partial charge in [-0.2, -0.15) is 0 Å². The van der Waals surface area contributed by atoms with E-state index in [1.807, 2.05) is 25.1 Å². The van der Waals surface area contributed by atoms with E-state index in [2.05, 4.69) is 10.9 Å². The van der Waals surface area contributed by atoms with E-state index in [1.165, 1.54) is 0 Å². The molecule has 2 N–H and O–H groups in total. The number of carbonyl (C=O) groups is 1. The van der Waals surface area contributed by atoms with Crippen molar-refractivity contribution in [3.8, 4) is 11.5 Å². The van der Waals surface area contributed by atoms with Crippen LogP contribution in [0.5, 0.6) is 11.5 Å². The Hall–Kier alpha value is -1.79. The van der Waals surface area contributed by atoms with Crippen LogP contribution in [0.1, 0.15) is 24.9 Å².